The molecular weight excluding hydrogens is 276 g/mol. The van der Waals surface area contributed by atoms with Crippen LogP contribution in [0.25, 0.3) is 0 Å². The smallest absolute Gasteiger partial charge is 0.209 e. The van der Waals surface area contributed by atoms with E-state index >= 15 is 0 Å². The van der Waals surface area contributed by atoms with E-state index in [1.165, 1.54) is 0 Å². The van der Waals surface area contributed by atoms with Gasteiger partial charge in [-0.25, -0.2) is 4.68 Å². The van der Waals surface area contributed by atoms with E-state index in [-0.39, 0.29) is 5.78 Å². The normalized spacial score (nSPS) is 10.5. The molecular formula is C13H16N4O2S. The predicted octanol–water partition coefficient (Wildman–Crippen LogP) is 1.97. The average molecular weight is 292 g/mol. The first-order valence-corrected chi connectivity index (χ1v) is 7.21. The van der Waals surface area contributed by atoms with Gasteiger partial charge in [0.25, 0.3) is 0 Å². The minimum atomic E-state index is 0.143. The molecule has 0 bridgehead atoms. The summed E-state index contributed by atoms with van der Waals surface area (Å²) in [6, 6.07) is 7.18. The summed E-state index contributed by atoms with van der Waals surface area (Å²) in [4.78, 5) is 12.0. The van der Waals surface area contributed by atoms with E-state index in [2.05, 4.69) is 15.5 Å². The van der Waals surface area contributed by atoms with Gasteiger partial charge in [-0.05, 0) is 41.1 Å². The maximum Gasteiger partial charge on any atom is 0.209 e. The molecule has 0 saturated carbocycles. The third-order valence-electron chi connectivity index (χ3n) is 2.77. The second-order valence-electron chi connectivity index (χ2n) is 4.19. The van der Waals surface area contributed by atoms with Gasteiger partial charge >= 0.3 is 0 Å². The summed E-state index contributed by atoms with van der Waals surface area (Å²) in [5.41, 5.74) is 0.719. The van der Waals surface area contributed by atoms with Gasteiger partial charge in [-0.3, -0.25) is 4.79 Å². The lowest BCUT2D eigenvalue weighted by atomic mass is 10.1. The number of hydrogen-bond acceptors (Lipinski definition) is 6. The second-order valence-corrected chi connectivity index (χ2v) is 5.25. The van der Waals surface area contributed by atoms with Crippen molar-refractivity contribution in [3.63, 3.8) is 0 Å². The van der Waals surface area contributed by atoms with Crippen LogP contribution in [0.1, 0.15) is 23.2 Å². The van der Waals surface area contributed by atoms with Crippen molar-refractivity contribution in [2.45, 2.75) is 18.0 Å². The molecule has 0 spiro atoms. The molecule has 1 heterocycles. The Morgan fingerprint density at radius 2 is 2.10 bits per heavy atom. The molecule has 0 aliphatic rings. The first-order chi connectivity index (χ1) is 9.70. The standard InChI is InChI=1S/C13H16N4O2S/c1-17-13(14-15-16-17)20-9-3-4-12(18)10-5-7-11(19-2)8-6-10/h5-8H,3-4,9H2,1-2H3. The van der Waals surface area contributed by atoms with Crippen molar-refractivity contribution in [1.29, 1.82) is 0 Å². The summed E-state index contributed by atoms with van der Waals surface area (Å²) < 4.78 is 6.69. The zero-order valence-corrected chi connectivity index (χ0v) is 12.3. The number of rotatable bonds is 7. The van der Waals surface area contributed by atoms with E-state index in [9.17, 15) is 4.79 Å². The van der Waals surface area contributed by atoms with Crippen molar-refractivity contribution in [3.05, 3.63) is 29.8 Å². The number of thioether (sulfide) groups is 1. The van der Waals surface area contributed by atoms with Crippen molar-refractivity contribution in [2.75, 3.05) is 12.9 Å². The molecule has 2 rings (SSSR count). The SMILES string of the molecule is COc1ccc(C(=O)CCCSc2nnnn2C)cc1. The van der Waals surface area contributed by atoms with Gasteiger partial charge in [0.15, 0.2) is 5.78 Å². The maximum absolute atomic E-state index is 12.0. The number of methoxy groups -OCH3 is 1. The Kier molecular flexibility index (Phi) is 5.11. The van der Waals surface area contributed by atoms with Crippen LogP contribution in [0.15, 0.2) is 29.4 Å². The third kappa shape index (κ3) is 3.80. The molecule has 1 aromatic heterocycles. The first kappa shape index (κ1) is 14.5. The van der Waals surface area contributed by atoms with Crippen molar-refractivity contribution in [1.82, 2.24) is 20.2 Å². The van der Waals surface area contributed by atoms with Crippen LogP contribution in [0, 0.1) is 0 Å². The van der Waals surface area contributed by atoms with Gasteiger partial charge in [0.1, 0.15) is 5.75 Å². The molecule has 0 fully saturated rings. The van der Waals surface area contributed by atoms with Crippen molar-refractivity contribution in [2.24, 2.45) is 7.05 Å². The number of nitrogens with zero attached hydrogens (tertiary/aromatic N) is 4. The van der Waals surface area contributed by atoms with Crippen LogP contribution >= 0.6 is 11.8 Å². The fraction of sp³-hybridized carbons (Fsp3) is 0.385. The van der Waals surface area contributed by atoms with Crippen LogP contribution in [0.2, 0.25) is 0 Å². The topological polar surface area (TPSA) is 69.9 Å². The molecule has 6 nitrogen and oxygen atoms in total. The molecule has 0 aliphatic heterocycles. The highest BCUT2D eigenvalue weighted by Crippen LogP contribution is 2.17. The van der Waals surface area contributed by atoms with Crippen LogP contribution < -0.4 is 4.74 Å². The number of Topliss-reactive ketones (excluding diaryl/α,β-unsaturated/α-hetero) is 1. The Labute approximate surface area is 121 Å². The molecule has 20 heavy (non-hydrogen) atoms. The molecule has 1 aromatic carbocycles. The second kappa shape index (κ2) is 7.04. The molecule has 2 aromatic rings. The number of carbonyl (C=O) groups is 1. The lowest BCUT2D eigenvalue weighted by Crippen LogP contribution is -2.00. The fourth-order valence-electron chi connectivity index (χ4n) is 1.66. The number of benzene rings is 1. The average Bonchev–Trinajstić information content (AvgIpc) is 2.89. The lowest BCUT2D eigenvalue weighted by Gasteiger charge is -2.03. The van der Waals surface area contributed by atoms with Crippen molar-refractivity contribution < 1.29 is 9.53 Å². The molecule has 0 aliphatic carbocycles. The van der Waals surface area contributed by atoms with Crippen LogP contribution in [0.5, 0.6) is 5.75 Å². The predicted molar refractivity (Wildman–Crippen MR) is 76.1 cm³/mol. The molecule has 0 radical (unpaired) electrons. The van der Waals surface area contributed by atoms with Crippen molar-refractivity contribution in [3.8, 4) is 5.75 Å². The van der Waals surface area contributed by atoms with Gasteiger partial charge < -0.3 is 4.74 Å². The van der Waals surface area contributed by atoms with Gasteiger partial charge in [0.05, 0.1) is 7.11 Å². The molecule has 0 saturated heterocycles. The first-order valence-electron chi connectivity index (χ1n) is 6.23. The summed E-state index contributed by atoms with van der Waals surface area (Å²) in [5.74, 6) is 1.71. The summed E-state index contributed by atoms with van der Waals surface area (Å²) in [5, 5.41) is 12.0. The molecule has 0 amide bonds. The van der Waals surface area contributed by atoms with E-state index in [4.69, 9.17) is 4.74 Å². The van der Waals surface area contributed by atoms with E-state index < -0.39 is 0 Å². The molecule has 7 heteroatoms. The summed E-state index contributed by atoms with van der Waals surface area (Å²) >= 11 is 1.55. The van der Waals surface area contributed by atoms with Gasteiger partial charge in [0.2, 0.25) is 5.16 Å². The lowest BCUT2D eigenvalue weighted by molar-refractivity contribution is 0.0982. The number of aryl methyl sites for hydroxylation is 1. The minimum Gasteiger partial charge on any atom is -0.497 e. The summed E-state index contributed by atoms with van der Waals surface area (Å²) in [6.45, 7) is 0. The van der Waals surface area contributed by atoms with Gasteiger partial charge in [-0.2, -0.15) is 0 Å². The Hall–Kier alpha value is -1.89. The van der Waals surface area contributed by atoms with Gasteiger partial charge in [-0.1, -0.05) is 11.8 Å². The number of ketones is 1. The monoisotopic (exact) mass is 292 g/mol. The molecule has 0 atom stereocenters. The summed E-state index contributed by atoms with van der Waals surface area (Å²) in [7, 11) is 3.40. The molecule has 106 valence electrons. The number of hydrogen-bond donors (Lipinski definition) is 0. The van der Waals surface area contributed by atoms with E-state index in [0.29, 0.717) is 6.42 Å². The molecule has 0 N–H and O–H groups in total. The number of aromatic nitrogens is 4. The van der Waals surface area contributed by atoms with Crippen molar-refractivity contribution >= 4 is 17.5 Å². The highest BCUT2D eigenvalue weighted by molar-refractivity contribution is 7.99. The zero-order valence-electron chi connectivity index (χ0n) is 11.4. The minimum absolute atomic E-state index is 0.143. The van der Waals surface area contributed by atoms with Crippen LogP contribution in [0.4, 0.5) is 0 Å². The maximum atomic E-state index is 12.0. The third-order valence-corrected chi connectivity index (χ3v) is 3.87. The Bertz CT molecular complexity index is 568. The van der Waals surface area contributed by atoms with Crippen LogP contribution in [0.3, 0.4) is 0 Å². The largest absolute Gasteiger partial charge is 0.497 e. The van der Waals surface area contributed by atoms with Crippen LogP contribution in [-0.4, -0.2) is 38.9 Å². The highest BCUT2D eigenvalue weighted by Gasteiger charge is 2.07. The van der Waals surface area contributed by atoms with Gasteiger partial charge in [0, 0.05) is 24.8 Å². The van der Waals surface area contributed by atoms with E-state index in [0.717, 1.165) is 28.6 Å². The highest BCUT2D eigenvalue weighted by atomic mass is 32.2. The Morgan fingerprint density at radius 1 is 1.35 bits per heavy atom. The Balaban J connectivity index is 1.76. The number of carbonyl (C=O) groups excluding carboxylic acids is 1. The number of ether oxygens (including phenoxy) is 1. The summed E-state index contributed by atoms with van der Waals surface area (Å²) in [6.07, 6.45) is 1.31. The van der Waals surface area contributed by atoms with E-state index in [1.54, 1.807) is 54.9 Å². The number of tetrazole rings is 1. The van der Waals surface area contributed by atoms with E-state index in [1.807, 2.05) is 0 Å². The quantitative estimate of drug-likeness (QED) is 0.441. The van der Waals surface area contributed by atoms with Gasteiger partial charge in [-0.15, -0.1) is 5.10 Å². The Morgan fingerprint density at radius 3 is 2.70 bits per heavy atom. The zero-order chi connectivity index (χ0) is 14.4. The van der Waals surface area contributed by atoms with Crippen LogP contribution in [-0.2, 0) is 7.05 Å². The fourth-order valence-corrected chi connectivity index (χ4v) is 2.45. The molecule has 0 unspecified atom stereocenters.